The van der Waals surface area contributed by atoms with E-state index >= 15 is 0 Å². The molecule has 1 fully saturated rings. The van der Waals surface area contributed by atoms with Gasteiger partial charge in [0.2, 0.25) is 10.0 Å². The first-order chi connectivity index (χ1) is 14.4. The van der Waals surface area contributed by atoms with Crippen molar-refractivity contribution >= 4 is 15.9 Å². The fraction of sp³-hybridized carbons (Fsp3) is 0.409. The maximum absolute atomic E-state index is 12.7. The van der Waals surface area contributed by atoms with E-state index < -0.39 is 10.0 Å². The predicted octanol–water partition coefficient (Wildman–Crippen LogP) is 2.85. The summed E-state index contributed by atoms with van der Waals surface area (Å²) in [5.41, 5.74) is 1.41. The van der Waals surface area contributed by atoms with Crippen molar-refractivity contribution in [2.24, 2.45) is 0 Å². The molecule has 162 valence electrons. The van der Waals surface area contributed by atoms with Gasteiger partial charge in [0.05, 0.1) is 19.1 Å². The van der Waals surface area contributed by atoms with Gasteiger partial charge in [-0.3, -0.25) is 4.79 Å². The van der Waals surface area contributed by atoms with E-state index in [0.717, 1.165) is 24.8 Å². The number of nitrogens with one attached hydrogen (secondary N) is 1. The molecular weight excluding hydrogens is 404 g/mol. The predicted molar refractivity (Wildman–Crippen MR) is 115 cm³/mol. The van der Waals surface area contributed by atoms with Crippen molar-refractivity contribution in [3.63, 3.8) is 0 Å². The van der Waals surface area contributed by atoms with Crippen LogP contribution in [0.1, 0.15) is 35.2 Å². The van der Waals surface area contributed by atoms with Crippen LogP contribution in [0.2, 0.25) is 0 Å². The maximum atomic E-state index is 12.7. The first-order valence-electron chi connectivity index (χ1n) is 10.0. The summed E-state index contributed by atoms with van der Waals surface area (Å²) in [5, 5.41) is 2.87. The van der Waals surface area contributed by atoms with E-state index in [-0.39, 0.29) is 5.91 Å². The Balaban J connectivity index is 1.57. The van der Waals surface area contributed by atoms with Crippen LogP contribution in [-0.2, 0) is 16.4 Å². The highest BCUT2D eigenvalue weighted by molar-refractivity contribution is 7.89. The zero-order valence-corrected chi connectivity index (χ0v) is 18.2. The maximum Gasteiger partial charge on any atom is 0.251 e. The van der Waals surface area contributed by atoms with E-state index in [2.05, 4.69) is 5.32 Å². The van der Waals surface area contributed by atoms with Gasteiger partial charge < -0.3 is 14.8 Å². The summed E-state index contributed by atoms with van der Waals surface area (Å²) in [6, 6.07) is 11.9. The topological polar surface area (TPSA) is 84.9 Å². The molecule has 0 spiro atoms. The van der Waals surface area contributed by atoms with Crippen LogP contribution in [0, 0.1) is 0 Å². The second-order valence-corrected chi connectivity index (χ2v) is 9.15. The quantitative estimate of drug-likeness (QED) is 0.693. The van der Waals surface area contributed by atoms with Crippen LogP contribution >= 0.6 is 0 Å². The van der Waals surface area contributed by atoms with Crippen molar-refractivity contribution in [3.8, 4) is 11.5 Å². The Labute approximate surface area is 178 Å². The van der Waals surface area contributed by atoms with Crippen LogP contribution < -0.4 is 14.8 Å². The van der Waals surface area contributed by atoms with Crippen LogP contribution in [0.15, 0.2) is 47.4 Å². The molecule has 0 unspecified atom stereocenters. The van der Waals surface area contributed by atoms with Gasteiger partial charge >= 0.3 is 0 Å². The van der Waals surface area contributed by atoms with E-state index in [1.165, 1.54) is 14.2 Å². The van der Waals surface area contributed by atoms with Crippen molar-refractivity contribution in [1.29, 1.82) is 0 Å². The number of carbonyl (C=O) groups excluding carboxylic acids is 1. The number of ether oxygens (including phenoxy) is 2. The first-order valence-corrected chi connectivity index (χ1v) is 11.5. The highest BCUT2D eigenvalue weighted by atomic mass is 32.2. The molecule has 8 heteroatoms. The fourth-order valence-corrected chi connectivity index (χ4v) is 4.96. The van der Waals surface area contributed by atoms with Gasteiger partial charge in [-0.2, -0.15) is 4.31 Å². The van der Waals surface area contributed by atoms with Gasteiger partial charge in [0.15, 0.2) is 0 Å². The number of carbonyl (C=O) groups is 1. The first kappa shape index (κ1) is 22.1. The molecule has 1 saturated heterocycles. The van der Waals surface area contributed by atoms with Gasteiger partial charge in [-0.1, -0.05) is 18.6 Å². The molecule has 1 aliphatic heterocycles. The summed E-state index contributed by atoms with van der Waals surface area (Å²) in [4.78, 5) is 12.7. The number of benzene rings is 2. The number of amides is 1. The lowest BCUT2D eigenvalue weighted by atomic mass is 10.1. The smallest absolute Gasteiger partial charge is 0.251 e. The van der Waals surface area contributed by atoms with Gasteiger partial charge in [-0.05, 0) is 49.1 Å². The van der Waals surface area contributed by atoms with Gasteiger partial charge in [0.25, 0.3) is 5.91 Å². The minimum absolute atomic E-state index is 0.225. The van der Waals surface area contributed by atoms with Crippen molar-refractivity contribution in [2.45, 2.75) is 30.6 Å². The van der Waals surface area contributed by atoms with Gasteiger partial charge in [-0.15, -0.1) is 0 Å². The Morgan fingerprint density at radius 3 is 2.13 bits per heavy atom. The lowest BCUT2D eigenvalue weighted by Crippen LogP contribution is -2.35. The number of hydrogen-bond donors (Lipinski definition) is 1. The zero-order valence-electron chi connectivity index (χ0n) is 17.4. The zero-order chi connectivity index (χ0) is 21.6. The number of rotatable bonds is 8. The van der Waals surface area contributed by atoms with E-state index in [0.29, 0.717) is 48.0 Å². The molecule has 2 aromatic rings. The molecule has 7 nitrogen and oxygen atoms in total. The summed E-state index contributed by atoms with van der Waals surface area (Å²) >= 11 is 0. The monoisotopic (exact) mass is 432 g/mol. The van der Waals surface area contributed by atoms with Crippen LogP contribution in [0.5, 0.6) is 11.5 Å². The summed E-state index contributed by atoms with van der Waals surface area (Å²) in [6.07, 6.45) is 3.50. The molecule has 1 amide bonds. The minimum Gasteiger partial charge on any atom is -0.497 e. The van der Waals surface area contributed by atoms with Gasteiger partial charge in [0.1, 0.15) is 11.5 Å². The number of methoxy groups -OCH3 is 2. The molecule has 1 N–H and O–H groups in total. The summed E-state index contributed by atoms with van der Waals surface area (Å²) in [6.45, 7) is 1.60. The Morgan fingerprint density at radius 2 is 1.57 bits per heavy atom. The van der Waals surface area contributed by atoms with Crippen molar-refractivity contribution in [3.05, 3.63) is 53.6 Å². The van der Waals surface area contributed by atoms with E-state index in [1.54, 1.807) is 46.8 Å². The number of sulfonamides is 1. The highest BCUT2D eigenvalue weighted by Gasteiger charge is 2.25. The second kappa shape index (κ2) is 9.95. The lowest BCUT2D eigenvalue weighted by Gasteiger charge is -2.25. The van der Waals surface area contributed by atoms with E-state index in [4.69, 9.17) is 9.47 Å². The Kier molecular flexibility index (Phi) is 7.33. The molecule has 0 saturated carbocycles. The molecule has 0 bridgehead atoms. The average Bonchev–Trinajstić information content (AvgIpc) is 2.79. The van der Waals surface area contributed by atoms with Crippen LogP contribution in [0.25, 0.3) is 0 Å². The number of hydrogen-bond acceptors (Lipinski definition) is 5. The minimum atomic E-state index is -3.42. The molecule has 0 radical (unpaired) electrons. The van der Waals surface area contributed by atoms with Crippen LogP contribution in [0.4, 0.5) is 0 Å². The lowest BCUT2D eigenvalue weighted by molar-refractivity contribution is 0.0953. The Morgan fingerprint density at radius 1 is 0.967 bits per heavy atom. The Hall–Kier alpha value is -2.58. The second-order valence-electron chi connectivity index (χ2n) is 7.22. The standard InChI is InChI=1S/C22H28N2O5S/c1-28-19-14-18(15-20(16-19)29-2)22(25)23-11-10-17-6-8-21(9-7-17)30(26,27)24-12-4-3-5-13-24/h6-9,14-16H,3-5,10-13H2,1-2H3,(H,23,25). The third-order valence-electron chi connectivity index (χ3n) is 5.19. The molecule has 1 heterocycles. The van der Waals surface area contributed by atoms with Crippen molar-refractivity contribution in [1.82, 2.24) is 9.62 Å². The van der Waals surface area contributed by atoms with Crippen LogP contribution in [-0.4, -0.2) is 52.5 Å². The SMILES string of the molecule is COc1cc(OC)cc(C(=O)NCCc2ccc(S(=O)(=O)N3CCCCC3)cc2)c1. The fourth-order valence-electron chi connectivity index (χ4n) is 3.44. The van der Waals surface area contributed by atoms with Gasteiger partial charge in [-0.25, -0.2) is 8.42 Å². The number of piperidine rings is 1. The molecule has 0 aliphatic carbocycles. The van der Waals surface area contributed by atoms with E-state index in [9.17, 15) is 13.2 Å². The van der Waals surface area contributed by atoms with Crippen molar-refractivity contribution < 1.29 is 22.7 Å². The molecule has 30 heavy (non-hydrogen) atoms. The van der Waals surface area contributed by atoms with E-state index in [1.807, 2.05) is 0 Å². The largest absolute Gasteiger partial charge is 0.497 e. The molecule has 3 rings (SSSR count). The normalized spacial score (nSPS) is 14.9. The highest BCUT2D eigenvalue weighted by Crippen LogP contribution is 2.23. The average molecular weight is 433 g/mol. The van der Waals surface area contributed by atoms with Gasteiger partial charge in [0, 0.05) is 31.3 Å². The summed E-state index contributed by atoms with van der Waals surface area (Å²) in [5.74, 6) is 0.867. The van der Waals surface area contributed by atoms with Crippen molar-refractivity contribution in [2.75, 3.05) is 33.9 Å². The molecule has 0 atom stereocenters. The molecule has 2 aromatic carbocycles. The molecule has 0 aromatic heterocycles. The molecule has 1 aliphatic rings. The number of nitrogens with zero attached hydrogens (tertiary/aromatic N) is 1. The summed E-state index contributed by atoms with van der Waals surface area (Å²) in [7, 11) is -0.356. The van der Waals surface area contributed by atoms with Crippen LogP contribution in [0.3, 0.4) is 0 Å². The Bertz CT molecular complexity index is 945. The summed E-state index contributed by atoms with van der Waals surface area (Å²) < 4.78 is 37.4. The third-order valence-corrected chi connectivity index (χ3v) is 7.10. The molecular formula is C22H28N2O5S. The third kappa shape index (κ3) is 5.31.